The third-order valence-electron chi connectivity index (χ3n) is 3.70. The van der Waals surface area contributed by atoms with Crippen molar-refractivity contribution in [1.82, 2.24) is 15.1 Å². The van der Waals surface area contributed by atoms with Gasteiger partial charge in [-0.3, -0.25) is 4.68 Å². The molecule has 0 radical (unpaired) electrons. The minimum Gasteiger partial charge on any atom is -0.310 e. The molecule has 1 aromatic heterocycles. The SMILES string of the molecule is CCCNC(Cc1cc(C)ccc1C)c1cnn(C)c1. The fourth-order valence-electron chi connectivity index (χ4n) is 2.49. The molecule has 2 aromatic rings. The second-order valence-corrected chi connectivity index (χ2v) is 5.59. The maximum absolute atomic E-state index is 4.30. The summed E-state index contributed by atoms with van der Waals surface area (Å²) in [5.41, 5.74) is 5.37. The van der Waals surface area contributed by atoms with Crippen LogP contribution in [0.3, 0.4) is 0 Å². The third-order valence-corrected chi connectivity index (χ3v) is 3.70. The Bertz CT molecular complexity index is 557. The number of nitrogens with zero attached hydrogens (tertiary/aromatic N) is 2. The first-order chi connectivity index (χ1) is 9.60. The molecule has 0 saturated heterocycles. The van der Waals surface area contributed by atoms with E-state index >= 15 is 0 Å². The van der Waals surface area contributed by atoms with E-state index in [4.69, 9.17) is 0 Å². The van der Waals surface area contributed by atoms with Gasteiger partial charge < -0.3 is 5.32 Å². The lowest BCUT2D eigenvalue weighted by Crippen LogP contribution is -2.24. The fraction of sp³-hybridized carbons (Fsp3) is 0.471. The summed E-state index contributed by atoms with van der Waals surface area (Å²) < 4.78 is 1.87. The van der Waals surface area contributed by atoms with E-state index in [1.54, 1.807) is 0 Å². The van der Waals surface area contributed by atoms with Crippen LogP contribution in [0.1, 0.15) is 41.6 Å². The van der Waals surface area contributed by atoms with E-state index < -0.39 is 0 Å². The topological polar surface area (TPSA) is 29.9 Å². The Morgan fingerprint density at radius 2 is 2.10 bits per heavy atom. The van der Waals surface area contributed by atoms with E-state index in [1.807, 2.05) is 17.9 Å². The molecule has 0 aliphatic heterocycles. The molecule has 0 amide bonds. The Kier molecular flexibility index (Phi) is 4.96. The zero-order valence-electron chi connectivity index (χ0n) is 13.0. The van der Waals surface area contributed by atoms with Crippen LogP contribution in [-0.4, -0.2) is 16.3 Å². The van der Waals surface area contributed by atoms with Gasteiger partial charge in [-0.05, 0) is 44.4 Å². The number of hydrogen-bond acceptors (Lipinski definition) is 2. The lowest BCUT2D eigenvalue weighted by Gasteiger charge is -2.19. The predicted octanol–water partition coefficient (Wildman–Crippen LogP) is 3.32. The summed E-state index contributed by atoms with van der Waals surface area (Å²) in [6.07, 6.45) is 6.24. The van der Waals surface area contributed by atoms with E-state index in [9.17, 15) is 0 Å². The van der Waals surface area contributed by atoms with Gasteiger partial charge in [0.2, 0.25) is 0 Å². The summed E-state index contributed by atoms with van der Waals surface area (Å²) in [6.45, 7) is 7.58. The number of rotatable bonds is 6. The molecule has 0 fully saturated rings. The highest BCUT2D eigenvalue weighted by molar-refractivity contribution is 5.32. The highest BCUT2D eigenvalue weighted by atomic mass is 15.2. The highest BCUT2D eigenvalue weighted by Gasteiger charge is 2.14. The van der Waals surface area contributed by atoms with E-state index in [0.29, 0.717) is 6.04 Å². The zero-order chi connectivity index (χ0) is 14.5. The Labute approximate surface area is 122 Å². The summed E-state index contributed by atoms with van der Waals surface area (Å²) in [6, 6.07) is 7.03. The Morgan fingerprint density at radius 1 is 1.30 bits per heavy atom. The van der Waals surface area contributed by atoms with Crippen molar-refractivity contribution in [3.63, 3.8) is 0 Å². The van der Waals surface area contributed by atoms with Crippen LogP contribution in [0.2, 0.25) is 0 Å². The summed E-state index contributed by atoms with van der Waals surface area (Å²) >= 11 is 0. The third kappa shape index (κ3) is 3.70. The molecule has 1 unspecified atom stereocenters. The van der Waals surface area contributed by atoms with Gasteiger partial charge in [0, 0.05) is 24.8 Å². The Hall–Kier alpha value is -1.61. The van der Waals surface area contributed by atoms with Gasteiger partial charge in [-0.25, -0.2) is 0 Å². The zero-order valence-corrected chi connectivity index (χ0v) is 13.0. The quantitative estimate of drug-likeness (QED) is 0.873. The van der Waals surface area contributed by atoms with Crippen LogP contribution >= 0.6 is 0 Å². The first kappa shape index (κ1) is 14.8. The largest absolute Gasteiger partial charge is 0.310 e. The molecule has 0 aliphatic rings. The fourth-order valence-corrected chi connectivity index (χ4v) is 2.49. The predicted molar refractivity (Wildman–Crippen MR) is 83.9 cm³/mol. The van der Waals surface area contributed by atoms with Gasteiger partial charge in [0.1, 0.15) is 0 Å². The Morgan fingerprint density at radius 3 is 2.75 bits per heavy atom. The number of benzene rings is 1. The summed E-state index contributed by atoms with van der Waals surface area (Å²) in [5, 5.41) is 7.94. The van der Waals surface area contributed by atoms with Crippen LogP contribution in [0.15, 0.2) is 30.6 Å². The molecular formula is C17H25N3. The second-order valence-electron chi connectivity index (χ2n) is 5.59. The van der Waals surface area contributed by atoms with Gasteiger partial charge in [-0.2, -0.15) is 5.10 Å². The molecule has 1 N–H and O–H groups in total. The molecule has 0 saturated carbocycles. The molecule has 20 heavy (non-hydrogen) atoms. The van der Waals surface area contributed by atoms with Crippen molar-refractivity contribution >= 4 is 0 Å². The number of hydrogen-bond donors (Lipinski definition) is 1. The number of aromatic nitrogens is 2. The van der Waals surface area contributed by atoms with Crippen LogP contribution in [0.25, 0.3) is 0 Å². The molecule has 0 bridgehead atoms. The van der Waals surface area contributed by atoms with Crippen molar-refractivity contribution in [3.8, 4) is 0 Å². The second kappa shape index (κ2) is 6.71. The van der Waals surface area contributed by atoms with E-state index in [2.05, 4.69) is 55.6 Å². The minimum absolute atomic E-state index is 0.337. The van der Waals surface area contributed by atoms with Gasteiger partial charge in [-0.15, -0.1) is 0 Å². The van der Waals surface area contributed by atoms with Crippen LogP contribution < -0.4 is 5.32 Å². The highest BCUT2D eigenvalue weighted by Crippen LogP contribution is 2.21. The molecule has 1 aromatic carbocycles. The first-order valence-electron chi connectivity index (χ1n) is 7.38. The van der Waals surface area contributed by atoms with Crippen molar-refractivity contribution in [2.24, 2.45) is 7.05 Å². The molecule has 0 aliphatic carbocycles. The molecule has 0 spiro atoms. The number of aryl methyl sites for hydroxylation is 3. The van der Waals surface area contributed by atoms with Crippen molar-refractivity contribution in [2.75, 3.05) is 6.54 Å². The summed E-state index contributed by atoms with van der Waals surface area (Å²) in [5.74, 6) is 0. The first-order valence-corrected chi connectivity index (χ1v) is 7.38. The lowest BCUT2D eigenvalue weighted by molar-refractivity contribution is 0.528. The lowest BCUT2D eigenvalue weighted by atomic mass is 9.96. The molecule has 108 valence electrons. The summed E-state index contributed by atoms with van der Waals surface area (Å²) in [4.78, 5) is 0. The summed E-state index contributed by atoms with van der Waals surface area (Å²) in [7, 11) is 1.97. The van der Waals surface area contributed by atoms with E-state index in [0.717, 1.165) is 19.4 Å². The van der Waals surface area contributed by atoms with Gasteiger partial charge in [0.15, 0.2) is 0 Å². The van der Waals surface area contributed by atoms with Crippen LogP contribution in [-0.2, 0) is 13.5 Å². The van der Waals surface area contributed by atoms with Crippen LogP contribution in [0.5, 0.6) is 0 Å². The van der Waals surface area contributed by atoms with Gasteiger partial charge in [-0.1, -0.05) is 30.7 Å². The van der Waals surface area contributed by atoms with Crippen LogP contribution in [0.4, 0.5) is 0 Å². The molecule has 3 heteroatoms. The monoisotopic (exact) mass is 271 g/mol. The van der Waals surface area contributed by atoms with Gasteiger partial charge in [0.25, 0.3) is 0 Å². The van der Waals surface area contributed by atoms with Crippen molar-refractivity contribution in [3.05, 3.63) is 52.8 Å². The number of nitrogens with one attached hydrogen (secondary N) is 1. The average molecular weight is 271 g/mol. The maximum atomic E-state index is 4.30. The molecule has 3 nitrogen and oxygen atoms in total. The Balaban J connectivity index is 2.21. The molecular weight excluding hydrogens is 246 g/mol. The minimum atomic E-state index is 0.337. The van der Waals surface area contributed by atoms with Crippen molar-refractivity contribution in [2.45, 2.75) is 39.7 Å². The molecule has 1 atom stereocenters. The smallest absolute Gasteiger partial charge is 0.0537 e. The maximum Gasteiger partial charge on any atom is 0.0537 e. The van der Waals surface area contributed by atoms with Gasteiger partial charge in [0.05, 0.1) is 6.20 Å². The van der Waals surface area contributed by atoms with Crippen molar-refractivity contribution < 1.29 is 0 Å². The van der Waals surface area contributed by atoms with E-state index in [1.165, 1.54) is 22.3 Å². The van der Waals surface area contributed by atoms with Crippen LogP contribution in [0, 0.1) is 13.8 Å². The average Bonchev–Trinajstić information content (AvgIpc) is 2.85. The van der Waals surface area contributed by atoms with Crippen molar-refractivity contribution in [1.29, 1.82) is 0 Å². The normalized spacial score (nSPS) is 12.6. The van der Waals surface area contributed by atoms with E-state index in [-0.39, 0.29) is 0 Å². The standard InChI is InChI=1S/C17H25N3/c1-5-8-18-17(16-11-19-20(4)12-16)10-15-9-13(2)6-7-14(15)3/h6-7,9,11-12,17-18H,5,8,10H2,1-4H3. The molecule has 1 heterocycles. The van der Waals surface area contributed by atoms with Gasteiger partial charge >= 0.3 is 0 Å². The molecule has 2 rings (SSSR count).